The number of nitrogens with zero attached hydrogens (tertiary/aromatic N) is 1. The van der Waals surface area contributed by atoms with Gasteiger partial charge in [-0.1, -0.05) is 53.9 Å². The first-order valence-corrected chi connectivity index (χ1v) is 8.66. The van der Waals surface area contributed by atoms with Gasteiger partial charge < -0.3 is 4.74 Å². The molecule has 1 aliphatic carbocycles. The van der Waals surface area contributed by atoms with Gasteiger partial charge in [0.05, 0.1) is 20.8 Å². The van der Waals surface area contributed by atoms with Crippen molar-refractivity contribution in [2.45, 2.75) is 19.8 Å². The lowest BCUT2D eigenvalue weighted by Gasteiger charge is -2.08. The van der Waals surface area contributed by atoms with Crippen molar-refractivity contribution in [1.29, 1.82) is 0 Å². The minimum atomic E-state index is 0.398. The summed E-state index contributed by atoms with van der Waals surface area (Å²) in [7, 11) is 0. The van der Waals surface area contributed by atoms with Crippen LogP contribution in [0.1, 0.15) is 25.3 Å². The van der Waals surface area contributed by atoms with Crippen molar-refractivity contribution >= 4 is 46.2 Å². The fourth-order valence-corrected chi connectivity index (χ4v) is 3.12. The van der Waals surface area contributed by atoms with Crippen molar-refractivity contribution in [2.24, 2.45) is 10.9 Å². The highest BCUT2D eigenvalue weighted by Gasteiger charge is 2.26. The average Bonchev–Trinajstić information content (AvgIpc) is 3.37. The molecule has 0 radical (unpaired) electrons. The summed E-state index contributed by atoms with van der Waals surface area (Å²) in [6.07, 6.45) is 10.5. The maximum Gasteiger partial charge on any atom is 0.160 e. The van der Waals surface area contributed by atoms with E-state index < -0.39 is 0 Å². The Morgan fingerprint density at radius 3 is 2.65 bits per heavy atom. The molecular weight excluding hydrogens is 353 g/mol. The predicted molar refractivity (Wildman–Crippen MR) is 98.5 cm³/mol. The zero-order valence-corrected chi connectivity index (χ0v) is 14.9. The van der Waals surface area contributed by atoms with Crippen LogP contribution in [0.3, 0.4) is 0 Å². The Hall–Kier alpha value is -1.22. The van der Waals surface area contributed by atoms with Gasteiger partial charge in [-0.3, -0.25) is 0 Å². The van der Waals surface area contributed by atoms with Crippen molar-refractivity contribution in [1.82, 2.24) is 0 Å². The number of rotatable bonds is 3. The van der Waals surface area contributed by atoms with Crippen LogP contribution in [0.2, 0.25) is 15.1 Å². The summed E-state index contributed by atoms with van der Waals surface area (Å²) in [5.74, 6) is 1.33. The van der Waals surface area contributed by atoms with E-state index in [4.69, 9.17) is 44.5 Å². The summed E-state index contributed by atoms with van der Waals surface area (Å²) in [6.45, 7) is 2.72. The molecular formula is C18H16Cl3NO. The van der Waals surface area contributed by atoms with E-state index in [1.54, 1.807) is 12.1 Å². The minimum absolute atomic E-state index is 0.398. The maximum absolute atomic E-state index is 6.35. The van der Waals surface area contributed by atoms with Crippen molar-refractivity contribution < 1.29 is 4.74 Å². The Morgan fingerprint density at radius 1 is 1.22 bits per heavy atom. The Balaban J connectivity index is 2.05. The molecule has 0 bridgehead atoms. The second kappa shape index (κ2) is 7.12. The third-order valence-electron chi connectivity index (χ3n) is 3.87. The highest BCUT2D eigenvalue weighted by atomic mass is 35.5. The molecule has 0 aromatic heterocycles. The molecule has 0 spiro atoms. The van der Waals surface area contributed by atoms with Crippen LogP contribution in [0.25, 0.3) is 5.70 Å². The van der Waals surface area contributed by atoms with Crippen LogP contribution < -0.4 is 0 Å². The largest absolute Gasteiger partial charge is 0.484 e. The summed E-state index contributed by atoms with van der Waals surface area (Å²) in [6, 6.07) is 3.40. The van der Waals surface area contributed by atoms with Crippen LogP contribution >= 0.6 is 34.8 Å². The molecule has 1 heterocycles. The van der Waals surface area contributed by atoms with Crippen LogP contribution in [0.5, 0.6) is 0 Å². The first-order chi connectivity index (χ1) is 11.1. The second-order valence-electron chi connectivity index (χ2n) is 5.48. The molecule has 1 fully saturated rings. The number of epoxide rings is 1. The molecule has 0 saturated carbocycles. The average molecular weight is 369 g/mol. The van der Waals surface area contributed by atoms with Crippen LogP contribution in [0.4, 0.5) is 0 Å². The lowest BCUT2D eigenvalue weighted by Crippen LogP contribution is -1.93. The molecule has 2 nitrogen and oxygen atoms in total. The molecule has 5 heteroatoms. The number of ether oxygens (including phenoxy) is 1. The van der Waals surface area contributed by atoms with E-state index in [1.807, 2.05) is 12.2 Å². The molecule has 0 amide bonds. The molecule has 23 heavy (non-hydrogen) atoms. The van der Waals surface area contributed by atoms with Crippen molar-refractivity contribution in [3.8, 4) is 0 Å². The van der Waals surface area contributed by atoms with Gasteiger partial charge in [0.25, 0.3) is 0 Å². The van der Waals surface area contributed by atoms with Gasteiger partial charge in [0.1, 0.15) is 12.3 Å². The Kier molecular flexibility index (Phi) is 5.15. The standard InChI is InChI=1S/C18H16Cl3NO/c1-2-11-4-3-5-12(7-6-11)22-18(15-10-23-15)16-13(19)8-9-14(20)17(16)21/h3,5-9,11H,2,4,10H2,1H3. The molecule has 1 unspecified atom stereocenters. The molecule has 1 aliphatic heterocycles. The lowest BCUT2D eigenvalue weighted by atomic mass is 10.0. The first kappa shape index (κ1) is 16.6. The first-order valence-electron chi connectivity index (χ1n) is 7.53. The number of hydrogen-bond donors (Lipinski definition) is 0. The van der Waals surface area contributed by atoms with E-state index in [0.29, 0.717) is 38.9 Å². The second-order valence-corrected chi connectivity index (χ2v) is 6.67. The van der Waals surface area contributed by atoms with Crippen LogP contribution in [-0.4, -0.2) is 12.3 Å². The summed E-state index contributed by atoms with van der Waals surface area (Å²) < 4.78 is 5.35. The van der Waals surface area contributed by atoms with Gasteiger partial charge in [0, 0.05) is 5.56 Å². The van der Waals surface area contributed by atoms with Gasteiger partial charge in [-0.15, -0.1) is 0 Å². The normalized spacial score (nSPS) is 23.7. The van der Waals surface area contributed by atoms with Crippen LogP contribution in [-0.2, 0) is 4.74 Å². The molecule has 2 aliphatic rings. The number of hydrogen-bond acceptors (Lipinski definition) is 2. The lowest BCUT2D eigenvalue weighted by molar-refractivity contribution is 0.510. The smallest absolute Gasteiger partial charge is 0.160 e. The monoisotopic (exact) mass is 367 g/mol. The van der Waals surface area contributed by atoms with E-state index in [0.717, 1.165) is 24.3 Å². The van der Waals surface area contributed by atoms with E-state index in [2.05, 4.69) is 19.1 Å². The highest BCUT2D eigenvalue weighted by Crippen LogP contribution is 2.40. The topological polar surface area (TPSA) is 24.9 Å². The predicted octanol–water partition coefficient (Wildman–Crippen LogP) is 6.33. The summed E-state index contributed by atoms with van der Waals surface area (Å²) >= 11 is 18.8. The number of allylic oxidation sites excluding steroid dienone is 4. The molecule has 3 rings (SSSR count). The zero-order chi connectivity index (χ0) is 16.4. The van der Waals surface area contributed by atoms with Gasteiger partial charge in [0.15, 0.2) is 5.76 Å². The Labute approximate surface area is 151 Å². The summed E-state index contributed by atoms with van der Waals surface area (Å²) in [5.41, 5.74) is 2.13. The minimum Gasteiger partial charge on any atom is -0.484 e. The van der Waals surface area contributed by atoms with Gasteiger partial charge >= 0.3 is 0 Å². The van der Waals surface area contributed by atoms with E-state index in [1.165, 1.54) is 0 Å². The van der Waals surface area contributed by atoms with Crippen molar-refractivity contribution in [3.05, 3.63) is 62.8 Å². The zero-order valence-electron chi connectivity index (χ0n) is 12.7. The van der Waals surface area contributed by atoms with Gasteiger partial charge in [-0.2, -0.15) is 0 Å². The fourth-order valence-electron chi connectivity index (χ4n) is 2.41. The van der Waals surface area contributed by atoms with E-state index in [-0.39, 0.29) is 0 Å². The maximum atomic E-state index is 6.35. The van der Waals surface area contributed by atoms with Crippen molar-refractivity contribution in [3.63, 3.8) is 0 Å². The molecule has 0 N–H and O–H groups in total. The third-order valence-corrected chi connectivity index (χ3v) is 4.98. The highest BCUT2D eigenvalue weighted by molar-refractivity contribution is 6.45. The molecule has 1 atom stereocenters. The quantitative estimate of drug-likeness (QED) is 0.452. The molecule has 120 valence electrons. The summed E-state index contributed by atoms with van der Waals surface area (Å²) in [5, 5.41) is 1.35. The van der Waals surface area contributed by atoms with Crippen molar-refractivity contribution in [2.75, 3.05) is 6.61 Å². The van der Waals surface area contributed by atoms with E-state index in [9.17, 15) is 0 Å². The third kappa shape index (κ3) is 3.82. The van der Waals surface area contributed by atoms with Crippen LogP contribution in [0.15, 0.2) is 47.2 Å². The molecule has 1 saturated heterocycles. The molecule has 1 aromatic rings. The number of aliphatic imine (C=N–C) groups is 1. The van der Waals surface area contributed by atoms with Gasteiger partial charge in [0.2, 0.25) is 0 Å². The number of halogens is 3. The SMILES string of the molecule is CCC1C=CC(=NC(=C2CO2)c2c(Cl)ccc(Cl)c2Cl)C=CC1. The van der Waals surface area contributed by atoms with Gasteiger partial charge in [-0.25, -0.2) is 4.99 Å². The Morgan fingerprint density at radius 2 is 1.96 bits per heavy atom. The summed E-state index contributed by atoms with van der Waals surface area (Å²) in [4.78, 5) is 4.73. The fraction of sp³-hybridized carbons (Fsp3) is 0.278. The van der Waals surface area contributed by atoms with Crippen LogP contribution in [0, 0.1) is 5.92 Å². The van der Waals surface area contributed by atoms with Gasteiger partial charge in [-0.05, 0) is 43.0 Å². The van der Waals surface area contributed by atoms with E-state index >= 15 is 0 Å². The Bertz CT molecular complexity index is 741. The number of benzene rings is 1. The molecule has 1 aromatic carbocycles.